The lowest BCUT2D eigenvalue weighted by atomic mass is 10.0. The Morgan fingerprint density at radius 3 is 2.47 bits per heavy atom. The van der Waals surface area contributed by atoms with E-state index < -0.39 is 27.4 Å². The van der Waals surface area contributed by atoms with Crippen LogP contribution < -0.4 is 4.90 Å². The van der Waals surface area contributed by atoms with Crippen molar-refractivity contribution in [2.45, 2.75) is 42.0 Å². The van der Waals surface area contributed by atoms with Crippen LogP contribution in [0.2, 0.25) is 0 Å². The maximum atomic E-state index is 14.6. The smallest absolute Gasteiger partial charge is 0.338 e. The lowest BCUT2D eigenvalue weighted by Crippen LogP contribution is -2.40. The number of carboxylic acid groups (broad SMARTS) is 1. The molecule has 0 amide bonds. The van der Waals surface area contributed by atoms with Crippen LogP contribution in [0.4, 0.5) is 15.8 Å². The minimum Gasteiger partial charge on any atom is -0.478 e. The van der Waals surface area contributed by atoms with Crippen molar-refractivity contribution in [3.63, 3.8) is 0 Å². The van der Waals surface area contributed by atoms with E-state index in [-0.39, 0.29) is 10.9 Å². The molecule has 0 bridgehead atoms. The molecule has 190 valence electrons. The van der Waals surface area contributed by atoms with Gasteiger partial charge >= 0.3 is 5.97 Å². The molecule has 0 radical (unpaired) electrons. The highest BCUT2D eigenvalue weighted by Gasteiger charge is 2.37. The monoisotopic (exact) mass is 528 g/mol. The van der Waals surface area contributed by atoms with Gasteiger partial charge in [-0.05, 0) is 60.2 Å². The number of nitrogens with zero attached hydrogens (tertiary/aromatic N) is 2. The van der Waals surface area contributed by atoms with Gasteiger partial charge in [-0.1, -0.05) is 44.0 Å². The van der Waals surface area contributed by atoms with Crippen molar-refractivity contribution < 1.29 is 22.7 Å². The van der Waals surface area contributed by atoms with Crippen molar-refractivity contribution in [3.8, 4) is 11.1 Å². The van der Waals surface area contributed by atoms with Gasteiger partial charge in [0.1, 0.15) is 10.7 Å². The van der Waals surface area contributed by atoms with Crippen molar-refractivity contribution in [2.75, 3.05) is 24.7 Å². The number of anilines is 2. The molecule has 1 atom stereocenters. The van der Waals surface area contributed by atoms with Crippen molar-refractivity contribution in [3.05, 3.63) is 72.0 Å². The van der Waals surface area contributed by atoms with Crippen LogP contribution in [0.3, 0.4) is 0 Å². The molecule has 36 heavy (non-hydrogen) atoms. The summed E-state index contributed by atoms with van der Waals surface area (Å²) >= 11 is 1.43. The first-order valence-electron chi connectivity index (χ1n) is 11.7. The Balaban J connectivity index is 1.96. The highest BCUT2D eigenvalue weighted by atomic mass is 32.2. The summed E-state index contributed by atoms with van der Waals surface area (Å²) in [5.74, 6) is -2.22. The summed E-state index contributed by atoms with van der Waals surface area (Å²) < 4.78 is 43.8. The molecule has 0 aliphatic carbocycles. The van der Waals surface area contributed by atoms with Crippen LogP contribution >= 0.6 is 11.8 Å². The van der Waals surface area contributed by atoms with E-state index in [1.807, 2.05) is 47.6 Å². The number of carbonyl (C=O) groups is 1. The number of likely N-dealkylation sites (N-methyl/N-ethyl adjacent to an activating group) is 1. The first-order valence-corrected chi connectivity index (χ1v) is 14.4. The molecule has 3 aromatic carbocycles. The van der Waals surface area contributed by atoms with Crippen LogP contribution in [0, 0.1) is 5.82 Å². The van der Waals surface area contributed by atoms with Gasteiger partial charge in [0.05, 0.1) is 11.3 Å². The van der Waals surface area contributed by atoms with Gasteiger partial charge in [0.2, 0.25) is 10.0 Å². The number of rotatable bonds is 7. The standard InChI is InChI=1S/C27H29FN2O4S2/c1-4-5-9-20-17-30(19-10-7-6-8-11-19)24-16-25(35-3)22(15-26(24)36(33,34)29(20)2)18-12-13-21(27(31)32)23(28)14-18/h6-8,10-16,20H,4-5,9,17H2,1-3H3,(H,31,32). The van der Waals surface area contributed by atoms with Crippen LogP contribution in [0.1, 0.15) is 36.5 Å². The van der Waals surface area contributed by atoms with E-state index in [1.165, 1.54) is 28.2 Å². The number of thioether (sulfide) groups is 1. The summed E-state index contributed by atoms with van der Waals surface area (Å²) in [4.78, 5) is 14.2. The molecule has 4 rings (SSSR count). The molecule has 1 aliphatic rings. The van der Waals surface area contributed by atoms with Crippen molar-refractivity contribution in [2.24, 2.45) is 0 Å². The van der Waals surface area contributed by atoms with Crippen molar-refractivity contribution in [1.29, 1.82) is 0 Å². The SMILES string of the molecule is CCCCC1CN(c2ccccc2)c2cc(SC)c(-c3ccc(C(=O)O)c(F)c3)cc2S(=O)(=O)N1C. The molecule has 9 heteroatoms. The van der Waals surface area contributed by atoms with E-state index in [4.69, 9.17) is 0 Å². The predicted octanol–water partition coefficient (Wildman–Crippen LogP) is 6.24. The average molecular weight is 529 g/mol. The average Bonchev–Trinajstić information content (AvgIpc) is 2.95. The van der Waals surface area contributed by atoms with Gasteiger partial charge in [-0.25, -0.2) is 17.6 Å². The lowest BCUT2D eigenvalue weighted by Gasteiger charge is -2.29. The van der Waals surface area contributed by atoms with E-state index in [2.05, 4.69) is 6.92 Å². The Bertz CT molecular complexity index is 1380. The summed E-state index contributed by atoms with van der Waals surface area (Å²) in [5.41, 5.74) is 1.99. The first kappa shape index (κ1) is 26.2. The minimum absolute atomic E-state index is 0.142. The maximum absolute atomic E-state index is 14.6. The number of aromatic carboxylic acids is 1. The van der Waals surface area contributed by atoms with Gasteiger partial charge in [-0.3, -0.25) is 0 Å². The van der Waals surface area contributed by atoms with E-state index in [1.54, 1.807) is 13.1 Å². The molecule has 0 spiro atoms. The van der Waals surface area contributed by atoms with E-state index in [9.17, 15) is 22.7 Å². The number of para-hydroxylation sites is 1. The van der Waals surface area contributed by atoms with Crippen LogP contribution in [0.15, 0.2) is 70.5 Å². The Labute approximate surface area is 215 Å². The second kappa shape index (κ2) is 10.6. The van der Waals surface area contributed by atoms with Gasteiger partial charge in [-0.15, -0.1) is 11.8 Å². The summed E-state index contributed by atoms with van der Waals surface area (Å²) in [7, 11) is -2.25. The zero-order chi connectivity index (χ0) is 26.0. The van der Waals surface area contributed by atoms with Crippen LogP contribution in [-0.2, 0) is 10.0 Å². The van der Waals surface area contributed by atoms with Crippen LogP contribution in [0.25, 0.3) is 11.1 Å². The third-order valence-corrected chi connectivity index (χ3v) is 9.32. The minimum atomic E-state index is -3.87. The highest BCUT2D eigenvalue weighted by molar-refractivity contribution is 7.98. The number of hydrogen-bond donors (Lipinski definition) is 1. The molecule has 1 N–H and O–H groups in total. The zero-order valence-corrected chi connectivity index (χ0v) is 22.1. The van der Waals surface area contributed by atoms with Crippen LogP contribution in [0.5, 0.6) is 0 Å². The van der Waals surface area contributed by atoms with Gasteiger partial charge < -0.3 is 10.0 Å². The molecule has 0 saturated heterocycles. The number of sulfonamides is 1. The molecular weight excluding hydrogens is 499 g/mol. The highest BCUT2D eigenvalue weighted by Crippen LogP contribution is 2.43. The summed E-state index contributed by atoms with van der Waals surface area (Å²) in [6.45, 7) is 2.59. The normalized spacial score (nSPS) is 17.4. The fourth-order valence-electron chi connectivity index (χ4n) is 4.56. The van der Waals surface area contributed by atoms with Gasteiger partial charge in [0.25, 0.3) is 0 Å². The lowest BCUT2D eigenvalue weighted by molar-refractivity contribution is 0.0692. The van der Waals surface area contributed by atoms with Crippen LogP contribution in [-0.4, -0.2) is 49.7 Å². The summed E-state index contributed by atoms with van der Waals surface area (Å²) in [6, 6.07) is 16.8. The molecule has 0 fully saturated rings. The molecule has 0 aromatic heterocycles. The third kappa shape index (κ3) is 4.87. The van der Waals surface area contributed by atoms with Crippen molar-refractivity contribution in [1.82, 2.24) is 4.31 Å². The molecule has 1 heterocycles. The largest absolute Gasteiger partial charge is 0.478 e. The Hall–Kier alpha value is -2.88. The first-order chi connectivity index (χ1) is 17.2. The Morgan fingerprint density at radius 1 is 1.14 bits per heavy atom. The van der Waals surface area contributed by atoms with Gasteiger partial charge in [0, 0.05) is 30.2 Å². The van der Waals surface area contributed by atoms with E-state index >= 15 is 0 Å². The topological polar surface area (TPSA) is 77.9 Å². The number of hydrogen-bond acceptors (Lipinski definition) is 5. The number of fused-ring (bicyclic) bond motifs is 1. The second-order valence-corrected chi connectivity index (χ2v) is 11.6. The summed E-state index contributed by atoms with van der Waals surface area (Å²) in [5, 5.41) is 9.20. The second-order valence-electron chi connectivity index (χ2n) is 8.78. The molecule has 0 saturated carbocycles. The molecule has 1 unspecified atom stereocenters. The fraction of sp³-hybridized carbons (Fsp3) is 0.296. The number of benzene rings is 3. The van der Waals surface area contributed by atoms with Gasteiger partial charge in [0.15, 0.2) is 0 Å². The molecule has 3 aromatic rings. The molecule has 1 aliphatic heterocycles. The quantitative estimate of drug-likeness (QED) is 0.366. The van der Waals surface area contributed by atoms with Crippen molar-refractivity contribution >= 4 is 39.1 Å². The molecule has 6 nitrogen and oxygen atoms in total. The number of unbranched alkanes of at least 4 members (excludes halogenated alkanes) is 1. The number of carboxylic acids is 1. The van der Waals surface area contributed by atoms with E-state index in [0.29, 0.717) is 23.4 Å². The predicted molar refractivity (Wildman–Crippen MR) is 142 cm³/mol. The molecular formula is C27H29FN2O4S2. The van der Waals surface area contributed by atoms with E-state index in [0.717, 1.165) is 35.9 Å². The zero-order valence-electron chi connectivity index (χ0n) is 20.4. The van der Waals surface area contributed by atoms with Gasteiger partial charge in [-0.2, -0.15) is 4.31 Å². The Morgan fingerprint density at radius 2 is 1.86 bits per heavy atom. The Kier molecular flexibility index (Phi) is 7.73. The number of halogens is 1. The maximum Gasteiger partial charge on any atom is 0.338 e. The third-order valence-electron chi connectivity index (χ3n) is 6.61. The fourth-order valence-corrected chi connectivity index (χ4v) is 6.76. The summed E-state index contributed by atoms with van der Waals surface area (Å²) in [6.07, 6.45) is 4.47.